The fraction of sp³-hybridized carbons (Fsp3) is 0.500. The Labute approximate surface area is 154 Å². The summed E-state index contributed by atoms with van der Waals surface area (Å²) in [6.07, 6.45) is 0.914. The number of morpholine rings is 1. The molecule has 3 rings (SSSR count). The molecule has 0 atom stereocenters. The van der Waals surface area contributed by atoms with Crippen LogP contribution in [0.2, 0.25) is 0 Å². The molecule has 1 aliphatic heterocycles. The van der Waals surface area contributed by atoms with Crippen LogP contribution >= 0.6 is 0 Å². The second kappa shape index (κ2) is 8.36. The second-order valence-electron chi connectivity index (χ2n) is 6.72. The highest BCUT2D eigenvalue weighted by molar-refractivity contribution is 5.75. The molecule has 0 spiro atoms. The van der Waals surface area contributed by atoms with Crippen molar-refractivity contribution in [2.24, 2.45) is 0 Å². The molecule has 1 aromatic carbocycles. The standard InChI is InChI=1S/C20H27N3O3/c1-4-8-23(16(3)24)14-18-19(17-7-5-6-15(2)13-17)21-26-20(18)22-9-11-25-12-10-22/h5-7,13H,4,8-12,14H2,1-3H3. The van der Waals surface area contributed by atoms with Gasteiger partial charge in [0.25, 0.3) is 0 Å². The first-order chi connectivity index (χ1) is 12.6. The lowest BCUT2D eigenvalue weighted by Crippen LogP contribution is -2.37. The molecule has 0 bridgehead atoms. The maximum atomic E-state index is 12.1. The van der Waals surface area contributed by atoms with Crippen molar-refractivity contribution in [1.29, 1.82) is 0 Å². The number of carbonyl (C=O) groups is 1. The number of hydrogen-bond donors (Lipinski definition) is 0. The average molecular weight is 357 g/mol. The third-order valence-electron chi connectivity index (χ3n) is 4.65. The maximum Gasteiger partial charge on any atom is 0.233 e. The molecule has 1 amide bonds. The number of anilines is 1. The highest BCUT2D eigenvalue weighted by Crippen LogP contribution is 2.33. The minimum atomic E-state index is 0.0659. The first kappa shape index (κ1) is 18.5. The summed E-state index contributed by atoms with van der Waals surface area (Å²) in [5.74, 6) is 0.823. The number of hydrogen-bond acceptors (Lipinski definition) is 5. The van der Waals surface area contributed by atoms with E-state index in [1.54, 1.807) is 6.92 Å². The van der Waals surface area contributed by atoms with E-state index in [1.165, 1.54) is 5.56 Å². The zero-order chi connectivity index (χ0) is 18.5. The van der Waals surface area contributed by atoms with Gasteiger partial charge in [-0.15, -0.1) is 0 Å². The van der Waals surface area contributed by atoms with Gasteiger partial charge in [-0.25, -0.2) is 0 Å². The van der Waals surface area contributed by atoms with E-state index in [0.29, 0.717) is 19.8 Å². The molecule has 2 heterocycles. The van der Waals surface area contributed by atoms with E-state index < -0.39 is 0 Å². The molecule has 26 heavy (non-hydrogen) atoms. The Balaban J connectivity index is 2.01. The lowest BCUT2D eigenvalue weighted by molar-refractivity contribution is -0.129. The minimum absolute atomic E-state index is 0.0659. The first-order valence-electron chi connectivity index (χ1n) is 9.24. The molecule has 1 aromatic heterocycles. The Morgan fingerprint density at radius 2 is 2.08 bits per heavy atom. The van der Waals surface area contributed by atoms with Crippen LogP contribution in [0.25, 0.3) is 11.3 Å². The Bertz CT molecular complexity index is 751. The van der Waals surface area contributed by atoms with E-state index in [4.69, 9.17) is 9.26 Å². The largest absolute Gasteiger partial charge is 0.378 e. The van der Waals surface area contributed by atoms with Crippen molar-refractivity contribution in [2.75, 3.05) is 37.7 Å². The predicted molar refractivity (Wildman–Crippen MR) is 101 cm³/mol. The van der Waals surface area contributed by atoms with E-state index in [0.717, 1.165) is 48.8 Å². The predicted octanol–water partition coefficient (Wildman–Crippen LogP) is 3.25. The molecule has 1 aliphatic rings. The normalized spacial score (nSPS) is 14.5. The van der Waals surface area contributed by atoms with Crippen LogP contribution < -0.4 is 4.90 Å². The second-order valence-corrected chi connectivity index (χ2v) is 6.72. The Kier molecular flexibility index (Phi) is 5.93. The van der Waals surface area contributed by atoms with E-state index in [1.807, 2.05) is 17.0 Å². The van der Waals surface area contributed by atoms with Gasteiger partial charge in [-0.3, -0.25) is 4.79 Å². The molecule has 1 fully saturated rings. The van der Waals surface area contributed by atoms with Gasteiger partial charge in [0.2, 0.25) is 11.8 Å². The number of carbonyl (C=O) groups excluding carboxylic acids is 1. The van der Waals surface area contributed by atoms with E-state index in [9.17, 15) is 4.79 Å². The Morgan fingerprint density at radius 1 is 1.31 bits per heavy atom. The lowest BCUT2D eigenvalue weighted by Gasteiger charge is -2.28. The van der Waals surface area contributed by atoms with Crippen LogP contribution in [0.15, 0.2) is 28.8 Å². The molecule has 0 radical (unpaired) electrons. The highest BCUT2D eigenvalue weighted by atomic mass is 16.5. The average Bonchev–Trinajstić information content (AvgIpc) is 3.05. The number of benzene rings is 1. The van der Waals surface area contributed by atoms with Crippen molar-refractivity contribution >= 4 is 11.8 Å². The molecule has 6 heteroatoms. The first-order valence-corrected chi connectivity index (χ1v) is 9.24. The fourth-order valence-corrected chi connectivity index (χ4v) is 3.29. The Morgan fingerprint density at radius 3 is 2.73 bits per heavy atom. The van der Waals surface area contributed by atoms with Crippen molar-refractivity contribution in [2.45, 2.75) is 33.7 Å². The Hall–Kier alpha value is -2.34. The zero-order valence-corrected chi connectivity index (χ0v) is 15.8. The summed E-state index contributed by atoms with van der Waals surface area (Å²) in [7, 11) is 0. The molecule has 140 valence electrons. The quantitative estimate of drug-likeness (QED) is 0.794. The van der Waals surface area contributed by atoms with Crippen molar-refractivity contribution in [3.63, 3.8) is 0 Å². The van der Waals surface area contributed by atoms with Crippen molar-refractivity contribution in [3.05, 3.63) is 35.4 Å². The fourth-order valence-electron chi connectivity index (χ4n) is 3.29. The summed E-state index contributed by atoms with van der Waals surface area (Å²) in [5, 5.41) is 4.38. The molecule has 0 N–H and O–H groups in total. The van der Waals surface area contributed by atoms with Crippen LogP contribution in [0.1, 0.15) is 31.4 Å². The molecular formula is C20H27N3O3. The van der Waals surface area contributed by atoms with Crippen LogP contribution in [0.3, 0.4) is 0 Å². The van der Waals surface area contributed by atoms with Crippen LogP contribution in [-0.2, 0) is 16.1 Å². The zero-order valence-electron chi connectivity index (χ0n) is 15.8. The number of aromatic nitrogens is 1. The summed E-state index contributed by atoms with van der Waals surface area (Å²) in [5.41, 5.74) is 3.98. The van der Waals surface area contributed by atoms with Gasteiger partial charge in [0.15, 0.2) is 0 Å². The smallest absolute Gasteiger partial charge is 0.233 e. The topological polar surface area (TPSA) is 58.8 Å². The van der Waals surface area contributed by atoms with Crippen molar-refractivity contribution in [1.82, 2.24) is 10.1 Å². The number of nitrogens with zero attached hydrogens (tertiary/aromatic N) is 3. The molecular weight excluding hydrogens is 330 g/mol. The molecule has 2 aromatic rings. The van der Waals surface area contributed by atoms with Gasteiger partial charge in [0.1, 0.15) is 5.69 Å². The number of aryl methyl sites for hydroxylation is 1. The van der Waals surface area contributed by atoms with Gasteiger partial charge in [0.05, 0.1) is 25.3 Å². The summed E-state index contributed by atoms with van der Waals surface area (Å²) < 4.78 is 11.2. The van der Waals surface area contributed by atoms with E-state index in [-0.39, 0.29) is 5.91 Å². The van der Waals surface area contributed by atoms with Crippen LogP contribution in [-0.4, -0.2) is 48.8 Å². The van der Waals surface area contributed by atoms with Gasteiger partial charge < -0.3 is 19.1 Å². The van der Waals surface area contributed by atoms with Crippen LogP contribution in [0, 0.1) is 6.92 Å². The van der Waals surface area contributed by atoms with Crippen LogP contribution in [0.4, 0.5) is 5.88 Å². The monoisotopic (exact) mass is 357 g/mol. The lowest BCUT2D eigenvalue weighted by atomic mass is 10.0. The van der Waals surface area contributed by atoms with Crippen molar-refractivity contribution in [3.8, 4) is 11.3 Å². The number of rotatable bonds is 6. The van der Waals surface area contributed by atoms with Gasteiger partial charge in [-0.2, -0.15) is 0 Å². The number of ether oxygens (including phenoxy) is 1. The molecule has 0 unspecified atom stereocenters. The SMILES string of the molecule is CCCN(Cc1c(-c2cccc(C)c2)noc1N1CCOCC1)C(C)=O. The highest BCUT2D eigenvalue weighted by Gasteiger charge is 2.26. The van der Waals surface area contributed by atoms with E-state index in [2.05, 4.69) is 36.0 Å². The van der Waals surface area contributed by atoms with Crippen LogP contribution in [0.5, 0.6) is 0 Å². The maximum absolute atomic E-state index is 12.1. The summed E-state index contributed by atoms with van der Waals surface area (Å²) in [6, 6.07) is 8.22. The molecule has 6 nitrogen and oxygen atoms in total. The summed E-state index contributed by atoms with van der Waals surface area (Å²) in [4.78, 5) is 16.1. The van der Waals surface area contributed by atoms with Gasteiger partial charge >= 0.3 is 0 Å². The van der Waals surface area contributed by atoms with Crippen molar-refractivity contribution < 1.29 is 14.1 Å². The molecule has 0 aliphatic carbocycles. The third kappa shape index (κ3) is 4.07. The van der Waals surface area contributed by atoms with Gasteiger partial charge in [-0.1, -0.05) is 35.8 Å². The van der Waals surface area contributed by atoms with Gasteiger partial charge in [0, 0.05) is 32.1 Å². The minimum Gasteiger partial charge on any atom is -0.378 e. The summed E-state index contributed by atoms with van der Waals surface area (Å²) >= 11 is 0. The molecule has 1 saturated heterocycles. The van der Waals surface area contributed by atoms with Gasteiger partial charge in [-0.05, 0) is 19.4 Å². The third-order valence-corrected chi connectivity index (χ3v) is 4.65. The number of amides is 1. The molecule has 0 saturated carbocycles. The van der Waals surface area contributed by atoms with E-state index >= 15 is 0 Å². The summed E-state index contributed by atoms with van der Waals surface area (Å²) in [6.45, 7) is 9.85.